The van der Waals surface area contributed by atoms with Crippen LogP contribution < -0.4 is 10.9 Å². The van der Waals surface area contributed by atoms with Crippen LogP contribution in [0.5, 0.6) is 0 Å². The Kier molecular flexibility index (Phi) is 4.70. The molecule has 0 radical (unpaired) electrons. The third-order valence-electron chi connectivity index (χ3n) is 3.48. The summed E-state index contributed by atoms with van der Waals surface area (Å²) in [5.74, 6) is -0.459. The summed E-state index contributed by atoms with van der Waals surface area (Å²) in [4.78, 5) is 28.8. The van der Waals surface area contributed by atoms with Crippen molar-refractivity contribution >= 4 is 45.7 Å². The highest BCUT2D eigenvalue weighted by molar-refractivity contribution is 6.38. The van der Waals surface area contributed by atoms with Gasteiger partial charge in [0.15, 0.2) is 0 Å². The van der Waals surface area contributed by atoms with Gasteiger partial charge >= 0.3 is 0 Å². The van der Waals surface area contributed by atoms with Crippen LogP contribution in [0.4, 0.5) is 5.69 Å². The van der Waals surface area contributed by atoms with E-state index in [0.717, 1.165) is 4.57 Å². The predicted molar refractivity (Wildman–Crippen MR) is 95.8 cm³/mol. The second-order valence-corrected chi connectivity index (χ2v) is 6.01. The highest BCUT2D eigenvalue weighted by atomic mass is 35.5. The molecule has 0 bridgehead atoms. The zero-order valence-corrected chi connectivity index (χ0v) is 14.2. The molecule has 2 aromatic carbocycles. The van der Waals surface area contributed by atoms with Crippen LogP contribution in [0.15, 0.2) is 47.5 Å². The number of hydrogen-bond acceptors (Lipinski definition) is 4. The van der Waals surface area contributed by atoms with Crippen LogP contribution in [0.3, 0.4) is 0 Å². The van der Waals surface area contributed by atoms with Gasteiger partial charge in [-0.05, 0) is 24.3 Å². The number of para-hydroxylation sites is 1. The monoisotopic (exact) mass is 372 g/mol. The molecular weight excluding hydrogens is 363 g/mol. The smallest absolute Gasteiger partial charge is 0.261 e. The first-order valence-electron chi connectivity index (χ1n) is 7.13. The predicted octanol–water partition coefficient (Wildman–Crippen LogP) is 3.21. The summed E-state index contributed by atoms with van der Waals surface area (Å²) in [5.41, 5.74) is 0.599. The first-order valence-corrected chi connectivity index (χ1v) is 7.88. The average molecular weight is 373 g/mol. The van der Waals surface area contributed by atoms with Gasteiger partial charge in [-0.3, -0.25) is 14.2 Å². The van der Waals surface area contributed by atoms with Crippen molar-refractivity contribution in [2.24, 2.45) is 0 Å². The molecule has 0 atom stereocenters. The molecule has 0 aliphatic heterocycles. The van der Waals surface area contributed by atoms with Gasteiger partial charge in [0.25, 0.3) is 5.56 Å². The molecule has 0 fully saturated rings. The Balaban J connectivity index is 1.91. The molecule has 1 heterocycles. The molecule has 0 aliphatic carbocycles. The Hall–Kier alpha value is -2.88. The molecule has 1 amide bonds. The molecule has 3 rings (SSSR count). The lowest BCUT2D eigenvalue weighted by molar-refractivity contribution is -0.116. The highest BCUT2D eigenvalue weighted by Crippen LogP contribution is 2.24. The van der Waals surface area contributed by atoms with Gasteiger partial charge in [-0.15, -0.1) is 0 Å². The zero-order valence-electron chi connectivity index (χ0n) is 12.7. The number of anilines is 1. The molecule has 124 valence electrons. The molecule has 0 aliphatic rings. The van der Waals surface area contributed by atoms with Gasteiger partial charge in [0.05, 0.1) is 33.5 Å². The Bertz CT molecular complexity index is 1090. The largest absolute Gasteiger partial charge is 0.323 e. The van der Waals surface area contributed by atoms with Crippen molar-refractivity contribution in [3.63, 3.8) is 0 Å². The van der Waals surface area contributed by atoms with Gasteiger partial charge in [0, 0.05) is 5.02 Å². The molecule has 0 unspecified atom stereocenters. The number of nitrogens with one attached hydrogen (secondary N) is 1. The van der Waals surface area contributed by atoms with Crippen molar-refractivity contribution in [2.45, 2.75) is 6.54 Å². The number of benzene rings is 2. The Morgan fingerprint density at radius 2 is 2.04 bits per heavy atom. The number of nitrogens with zero attached hydrogens (tertiary/aromatic N) is 3. The molecule has 0 spiro atoms. The van der Waals surface area contributed by atoms with Crippen LogP contribution in [0.2, 0.25) is 10.0 Å². The van der Waals surface area contributed by atoms with Crippen LogP contribution in [-0.4, -0.2) is 15.5 Å². The Morgan fingerprint density at radius 1 is 1.28 bits per heavy atom. The maximum atomic E-state index is 12.5. The van der Waals surface area contributed by atoms with Gasteiger partial charge < -0.3 is 5.32 Å². The van der Waals surface area contributed by atoms with Crippen LogP contribution >= 0.6 is 23.2 Å². The Morgan fingerprint density at radius 3 is 2.80 bits per heavy atom. The van der Waals surface area contributed by atoms with E-state index < -0.39 is 11.5 Å². The molecule has 8 heteroatoms. The summed E-state index contributed by atoms with van der Waals surface area (Å²) in [5, 5.41) is 12.4. The minimum atomic E-state index is -0.459. The zero-order chi connectivity index (χ0) is 18.0. The maximum absolute atomic E-state index is 12.5. The van der Waals surface area contributed by atoms with E-state index in [-0.39, 0.29) is 17.0 Å². The minimum Gasteiger partial charge on any atom is -0.323 e. The molecule has 25 heavy (non-hydrogen) atoms. The van der Waals surface area contributed by atoms with Crippen molar-refractivity contribution in [1.82, 2.24) is 9.55 Å². The average Bonchev–Trinajstić information content (AvgIpc) is 2.58. The number of aromatic nitrogens is 2. The lowest BCUT2D eigenvalue weighted by atomic mass is 10.2. The second kappa shape index (κ2) is 6.93. The van der Waals surface area contributed by atoms with E-state index in [4.69, 9.17) is 28.5 Å². The minimum absolute atomic E-state index is 0.227. The standard InChI is InChI=1S/C17H10Cl2N4O2/c18-11-5-12-16(13(19)6-11)21-9-23(17(12)25)8-15(24)22-14-4-2-1-3-10(14)7-20/h1-6,9H,8H2,(H,22,24). The van der Waals surface area contributed by atoms with Crippen LogP contribution in [0, 0.1) is 11.3 Å². The van der Waals surface area contributed by atoms with Gasteiger partial charge in [-0.1, -0.05) is 35.3 Å². The topological polar surface area (TPSA) is 87.8 Å². The third kappa shape index (κ3) is 3.48. The molecule has 0 saturated heterocycles. The van der Waals surface area contributed by atoms with Gasteiger partial charge in [0.2, 0.25) is 5.91 Å². The molecule has 3 aromatic rings. The lowest BCUT2D eigenvalue weighted by Crippen LogP contribution is -2.28. The summed E-state index contributed by atoms with van der Waals surface area (Å²) < 4.78 is 1.15. The molecule has 1 N–H and O–H groups in total. The first-order chi connectivity index (χ1) is 12.0. The molecule has 0 saturated carbocycles. The number of fused-ring (bicyclic) bond motifs is 1. The first kappa shape index (κ1) is 17.0. The molecular formula is C17H10Cl2N4O2. The van der Waals surface area contributed by atoms with E-state index in [1.165, 1.54) is 18.5 Å². The highest BCUT2D eigenvalue weighted by Gasteiger charge is 2.12. The van der Waals surface area contributed by atoms with E-state index in [9.17, 15) is 9.59 Å². The summed E-state index contributed by atoms with van der Waals surface area (Å²) >= 11 is 12.0. The fourth-order valence-corrected chi connectivity index (χ4v) is 2.88. The normalized spacial score (nSPS) is 10.4. The molecule has 6 nitrogen and oxygen atoms in total. The van der Waals surface area contributed by atoms with Gasteiger partial charge in [-0.2, -0.15) is 5.26 Å². The SMILES string of the molecule is N#Cc1ccccc1NC(=O)Cn1cnc2c(Cl)cc(Cl)cc2c1=O. The number of halogens is 2. The fourth-order valence-electron chi connectivity index (χ4n) is 2.34. The van der Waals surface area contributed by atoms with E-state index in [2.05, 4.69) is 10.3 Å². The Labute approximate surface area is 152 Å². The number of carbonyl (C=O) groups is 1. The van der Waals surface area contributed by atoms with Crippen molar-refractivity contribution in [1.29, 1.82) is 5.26 Å². The van der Waals surface area contributed by atoms with Crippen molar-refractivity contribution < 1.29 is 4.79 Å². The number of rotatable bonds is 3. The quantitative estimate of drug-likeness (QED) is 0.764. The van der Waals surface area contributed by atoms with E-state index in [0.29, 0.717) is 21.8 Å². The summed E-state index contributed by atoms with van der Waals surface area (Å²) in [7, 11) is 0. The van der Waals surface area contributed by atoms with Gasteiger partial charge in [-0.25, -0.2) is 4.98 Å². The van der Waals surface area contributed by atoms with Crippen molar-refractivity contribution in [3.05, 3.63) is 68.7 Å². The summed E-state index contributed by atoms with van der Waals surface area (Å²) in [6.07, 6.45) is 1.25. The van der Waals surface area contributed by atoms with E-state index in [1.807, 2.05) is 6.07 Å². The number of nitriles is 1. The van der Waals surface area contributed by atoms with Crippen molar-refractivity contribution in [2.75, 3.05) is 5.32 Å². The summed E-state index contributed by atoms with van der Waals surface area (Å²) in [6, 6.07) is 11.5. The van der Waals surface area contributed by atoms with Crippen LogP contribution in [-0.2, 0) is 11.3 Å². The van der Waals surface area contributed by atoms with E-state index in [1.54, 1.807) is 24.3 Å². The second-order valence-electron chi connectivity index (χ2n) is 5.17. The third-order valence-corrected chi connectivity index (χ3v) is 3.99. The van der Waals surface area contributed by atoms with Crippen molar-refractivity contribution in [3.8, 4) is 6.07 Å². The van der Waals surface area contributed by atoms with Crippen LogP contribution in [0.1, 0.15) is 5.56 Å². The number of carbonyl (C=O) groups excluding carboxylic acids is 1. The van der Waals surface area contributed by atoms with Gasteiger partial charge in [0.1, 0.15) is 12.6 Å². The van der Waals surface area contributed by atoms with Crippen LogP contribution in [0.25, 0.3) is 10.9 Å². The fraction of sp³-hybridized carbons (Fsp3) is 0.0588. The summed E-state index contributed by atoms with van der Waals surface area (Å²) in [6.45, 7) is -0.258. The van der Waals surface area contributed by atoms with E-state index >= 15 is 0 Å². The number of hydrogen-bond donors (Lipinski definition) is 1. The lowest BCUT2D eigenvalue weighted by Gasteiger charge is -2.09. The molecule has 1 aromatic heterocycles. The maximum Gasteiger partial charge on any atom is 0.261 e. The number of amides is 1.